The van der Waals surface area contributed by atoms with Crippen LogP contribution in [0.3, 0.4) is 0 Å². The molecule has 0 amide bonds. The van der Waals surface area contributed by atoms with E-state index < -0.39 is 0 Å². The van der Waals surface area contributed by atoms with Gasteiger partial charge in [-0.1, -0.05) is 162 Å². The van der Waals surface area contributed by atoms with E-state index >= 15 is 0 Å². The number of phenolic OH excluding ortho intramolecular Hbond substituents is 1. The average Bonchev–Trinajstić information content (AvgIpc) is 3.55. The molecule has 6 aromatic carbocycles. The van der Waals surface area contributed by atoms with Crippen molar-refractivity contribution in [3.63, 3.8) is 0 Å². The van der Waals surface area contributed by atoms with Crippen molar-refractivity contribution in [3.05, 3.63) is 149 Å². The maximum absolute atomic E-state index is 12.4. The van der Waals surface area contributed by atoms with Gasteiger partial charge in [0.2, 0.25) is 0 Å². The van der Waals surface area contributed by atoms with E-state index in [0.29, 0.717) is 0 Å². The minimum atomic E-state index is -0.297. The van der Waals surface area contributed by atoms with Crippen LogP contribution >= 0.6 is 0 Å². The number of aromatic nitrogens is 2. The molecule has 0 saturated carbocycles. The molecule has 3 nitrogen and oxygen atoms in total. The fourth-order valence-corrected chi connectivity index (χ4v) is 8.03. The normalized spacial score (nSPS) is 12.4. The van der Waals surface area contributed by atoms with Gasteiger partial charge < -0.3 is 5.11 Å². The van der Waals surface area contributed by atoms with E-state index in [1.807, 2.05) is 6.07 Å². The van der Waals surface area contributed by atoms with Crippen LogP contribution in [0.5, 0.6) is 5.75 Å². The molecule has 0 aliphatic rings. The second-order valence-corrected chi connectivity index (χ2v) is 19.8. The number of aromatic hydroxyl groups is 1. The van der Waals surface area contributed by atoms with E-state index in [9.17, 15) is 5.11 Å². The van der Waals surface area contributed by atoms with Crippen molar-refractivity contribution in [3.8, 4) is 56.2 Å². The number of fused-ring (bicyclic) bond motifs is 1. The Bertz CT molecular complexity index is 2600. The topological polar surface area (TPSA) is 38.0 Å². The van der Waals surface area contributed by atoms with Crippen molar-refractivity contribution in [1.29, 1.82) is 0 Å². The molecule has 0 aliphatic carbocycles. The molecule has 1 radical (unpaired) electrons. The molecular formula is C55H60AuN2O-2. The molecule has 1 heterocycles. The molecule has 309 valence electrons. The molecule has 0 aliphatic heterocycles. The Kier molecular flexibility index (Phi) is 12.2. The average molecular weight is 962 g/mol. The number of benzene rings is 6. The van der Waals surface area contributed by atoms with E-state index in [1.165, 1.54) is 22.3 Å². The van der Waals surface area contributed by atoms with E-state index in [4.69, 9.17) is 4.98 Å². The summed E-state index contributed by atoms with van der Waals surface area (Å²) < 4.78 is 2.35. The third kappa shape index (κ3) is 8.67. The third-order valence-corrected chi connectivity index (χ3v) is 11.5. The van der Waals surface area contributed by atoms with E-state index in [1.54, 1.807) is 0 Å². The first-order valence-corrected chi connectivity index (χ1v) is 20.9. The van der Waals surface area contributed by atoms with Crippen molar-refractivity contribution >= 4 is 11.0 Å². The largest absolute Gasteiger partial charge is 0.507 e. The summed E-state index contributed by atoms with van der Waals surface area (Å²) in [7, 11) is 0. The van der Waals surface area contributed by atoms with E-state index in [2.05, 4.69) is 210 Å². The molecule has 7 rings (SSSR count). The summed E-state index contributed by atoms with van der Waals surface area (Å²) in [5.41, 5.74) is 15.2. The first-order chi connectivity index (χ1) is 27.2. The summed E-state index contributed by atoms with van der Waals surface area (Å²) in [6.45, 7) is 29.1. The third-order valence-electron chi connectivity index (χ3n) is 11.5. The van der Waals surface area contributed by atoms with Crippen molar-refractivity contribution in [2.75, 3.05) is 0 Å². The predicted octanol–water partition coefficient (Wildman–Crippen LogP) is 15.1. The van der Waals surface area contributed by atoms with Crippen LogP contribution in [0.1, 0.15) is 130 Å². The van der Waals surface area contributed by atoms with Crippen molar-refractivity contribution in [2.45, 2.75) is 118 Å². The van der Waals surface area contributed by atoms with Gasteiger partial charge in [-0.05, 0) is 62.5 Å². The molecule has 1 aromatic heterocycles. The zero-order valence-electron chi connectivity index (χ0n) is 37.2. The van der Waals surface area contributed by atoms with Crippen LogP contribution in [0, 0.1) is 12.1 Å². The molecular weight excluding hydrogens is 902 g/mol. The van der Waals surface area contributed by atoms with Gasteiger partial charge in [0.05, 0.1) is 22.3 Å². The fourth-order valence-electron chi connectivity index (χ4n) is 8.03. The van der Waals surface area contributed by atoms with Gasteiger partial charge in [-0.2, -0.15) is 35.9 Å². The molecule has 0 fully saturated rings. The molecule has 1 N–H and O–H groups in total. The van der Waals surface area contributed by atoms with Crippen LogP contribution in [0.15, 0.2) is 109 Å². The second kappa shape index (κ2) is 16.4. The van der Waals surface area contributed by atoms with Crippen molar-refractivity contribution in [1.82, 2.24) is 9.55 Å². The summed E-state index contributed by atoms with van der Waals surface area (Å²) in [6, 6.07) is 46.4. The number of rotatable bonds is 7. The summed E-state index contributed by atoms with van der Waals surface area (Å²) >= 11 is 0. The summed E-state index contributed by atoms with van der Waals surface area (Å²) in [5, 5.41) is 12.4. The first kappa shape index (κ1) is 43.9. The second-order valence-electron chi connectivity index (χ2n) is 19.8. The molecule has 0 spiro atoms. The van der Waals surface area contributed by atoms with Gasteiger partial charge in [0, 0.05) is 27.9 Å². The summed E-state index contributed by atoms with van der Waals surface area (Å²) in [5.74, 6) is 1.53. The van der Waals surface area contributed by atoms with Gasteiger partial charge in [-0.15, -0.1) is 28.8 Å². The Morgan fingerprint density at radius 3 is 1.76 bits per heavy atom. The number of nitrogens with zero attached hydrogens (tertiary/aromatic N) is 2. The van der Waals surface area contributed by atoms with Gasteiger partial charge in [-0.25, -0.2) is 10.5 Å². The maximum atomic E-state index is 12.4. The number of phenols is 1. The molecule has 0 saturated heterocycles. The molecule has 0 bridgehead atoms. The summed E-state index contributed by atoms with van der Waals surface area (Å²) in [4.78, 5) is 5.67. The molecule has 59 heavy (non-hydrogen) atoms. The SMILES string of the molecule is CC(C)c1cccc(C(C)C)c1-n1c(-c2cc(C(C)(C)C)cc(C(C)(C)C)c2O)nc2c(-c3[c-]c(-c4[c-]ccc(-c5ccccc5)c4)cc(C(C)(C)C)c3)cccc21.[Au]. The predicted molar refractivity (Wildman–Crippen MR) is 246 cm³/mol. The molecule has 0 unspecified atom stereocenters. The van der Waals surface area contributed by atoms with Crippen molar-refractivity contribution < 1.29 is 27.5 Å². The summed E-state index contributed by atoms with van der Waals surface area (Å²) in [6.07, 6.45) is 0. The maximum Gasteiger partial charge on any atom is 0.148 e. The van der Waals surface area contributed by atoms with Crippen LogP contribution in [0.4, 0.5) is 0 Å². The van der Waals surface area contributed by atoms with Gasteiger partial charge >= 0.3 is 0 Å². The standard InChI is InChI=1S/C55H60N2O.Au/c1-34(2)43-24-18-25-44(35(3)4)50(43)57-48-27-19-26-45(49(48)56-52(57)46-32-42(54(8,9)10)33-47(51(46)58)55(11,12)13)40-29-39(30-41(31-40)53(5,6)7)38-23-17-22-37(28-38)36-20-15-14-16-21-36;/h14-22,24-28,30-35,58H,1-13H3;/q-2;. The van der Waals surface area contributed by atoms with Crippen LogP contribution in [-0.4, -0.2) is 14.7 Å². The Balaban J connectivity index is 0.00000585. The van der Waals surface area contributed by atoms with Crippen LogP contribution in [-0.2, 0) is 38.6 Å². The van der Waals surface area contributed by atoms with E-state index in [0.717, 1.165) is 67.1 Å². The Labute approximate surface area is 369 Å². The first-order valence-electron chi connectivity index (χ1n) is 20.9. The molecule has 4 heteroatoms. The monoisotopic (exact) mass is 961 g/mol. The smallest absolute Gasteiger partial charge is 0.148 e. The van der Waals surface area contributed by atoms with E-state index in [-0.39, 0.29) is 56.2 Å². The zero-order valence-corrected chi connectivity index (χ0v) is 39.4. The molecule has 0 atom stereocenters. The number of para-hydroxylation sites is 2. The number of hydrogen-bond acceptors (Lipinski definition) is 2. The van der Waals surface area contributed by atoms with Crippen molar-refractivity contribution in [2.24, 2.45) is 0 Å². The van der Waals surface area contributed by atoms with Crippen LogP contribution < -0.4 is 0 Å². The number of imidazole rings is 1. The Morgan fingerprint density at radius 2 is 1.17 bits per heavy atom. The number of hydrogen-bond donors (Lipinski definition) is 1. The minimum Gasteiger partial charge on any atom is -0.507 e. The minimum absolute atomic E-state index is 0. The van der Waals surface area contributed by atoms with Gasteiger partial charge in [0.25, 0.3) is 0 Å². The Hall–Kier alpha value is -4.67. The Morgan fingerprint density at radius 1 is 0.576 bits per heavy atom. The zero-order chi connectivity index (χ0) is 41.9. The molecule has 7 aromatic rings. The van der Waals surface area contributed by atoms with Gasteiger partial charge in [-0.3, -0.25) is 4.57 Å². The van der Waals surface area contributed by atoms with Crippen LogP contribution in [0.2, 0.25) is 0 Å². The van der Waals surface area contributed by atoms with Gasteiger partial charge in [0.15, 0.2) is 0 Å². The quantitative estimate of drug-likeness (QED) is 0.128. The van der Waals surface area contributed by atoms with Crippen LogP contribution in [0.25, 0.3) is 61.5 Å². The fraction of sp³-hybridized carbons (Fsp3) is 0.327. The van der Waals surface area contributed by atoms with Gasteiger partial charge in [0.1, 0.15) is 11.6 Å².